The molecule has 2 heterocycles. The molecule has 1 unspecified atom stereocenters. The van der Waals surface area contributed by atoms with Crippen molar-refractivity contribution in [3.63, 3.8) is 0 Å². The van der Waals surface area contributed by atoms with Crippen LogP contribution in [0.1, 0.15) is 39.7 Å². The highest BCUT2D eigenvalue weighted by molar-refractivity contribution is 7.16. The minimum absolute atomic E-state index is 0.131. The largest absolute Gasteiger partial charge is 0.495 e. The van der Waals surface area contributed by atoms with E-state index in [1.807, 2.05) is 23.1 Å². The molecule has 1 aliphatic carbocycles. The Balaban J connectivity index is 1.25. The van der Waals surface area contributed by atoms with Crippen molar-refractivity contribution in [3.8, 4) is 5.75 Å². The summed E-state index contributed by atoms with van der Waals surface area (Å²) in [4.78, 5) is 36.1. The van der Waals surface area contributed by atoms with Crippen molar-refractivity contribution in [2.24, 2.45) is 0 Å². The number of piperazine rings is 1. The summed E-state index contributed by atoms with van der Waals surface area (Å²) in [5.74, 6) is 0.489. The summed E-state index contributed by atoms with van der Waals surface area (Å²) in [6.07, 6.45) is 2.61. The van der Waals surface area contributed by atoms with Crippen molar-refractivity contribution >= 4 is 45.6 Å². The Morgan fingerprint density at radius 3 is 2.57 bits per heavy atom. The van der Waals surface area contributed by atoms with Crippen LogP contribution in [0.15, 0.2) is 48.5 Å². The molecule has 1 atom stereocenters. The van der Waals surface area contributed by atoms with Gasteiger partial charge in [-0.15, -0.1) is 11.3 Å². The number of para-hydroxylation sites is 2. The molecule has 0 radical (unpaired) electrons. The first-order valence-electron chi connectivity index (χ1n) is 11.8. The average molecular weight is 511 g/mol. The summed E-state index contributed by atoms with van der Waals surface area (Å²) in [5.41, 5.74) is 2.40. The monoisotopic (exact) mass is 510 g/mol. The Morgan fingerprint density at radius 1 is 1.09 bits per heavy atom. The molecule has 2 amide bonds. The first-order chi connectivity index (χ1) is 17.0. The fourth-order valence-corrected chi connectivity index (χ4v) is 5.95. The lowest BCUT2D eigenvalue weighted by molar-refractivity contribution is -0.133. The van der Waals surface area contributed by atoms with Crippen molar-refractivity contribution < 1.29 is 14.3 Å². The standard InChI is InChI=1S/C26H27ClN4O3S/c1-34-21-7-3-2-6-20(21)30-13-15-31(16-14-30)25(33)19-5-4-8-22-23(19)28-26(35-22)29-24(32)17-9-11-18(27)12-10-17/h2-3,6-7,9-12,19H,4-5,8,13-16H2,1H3,(H,28,29,32). The number of halogens is 1. The zero-order valence-electron chi connectivity index (χ0n) is 19.5. The maximum absolute atomic E-state index is 13.5. The molecule has 7 nitrogen and oxygen atoms in total. The number of aryl methyl sites for hydroxylation is 1. The summed E-state index contributed by atoms with van der Waals surface area (Å²) >= 11 is 7.39. The van der Waals surface area contributed by atoms with Gasteiger partial charge >= 0.3 is 0 Å². The van der Waals surface area contributed by atoms with Crippen molar-refractivity contribution in [2.45, 2.75) is 25.2 Å². The highest BCUT2D eigenvalue weighted by atomic mass is 35.5. The van der Waals surface area contributed by atoms with Gasteiger partial charge in [0.15, 0.2) is 5.13 Å². The molecular formula is C26H27ClN4O3S. The first-order valence-corrected chi connectivity index (χ1v) is 13.0. The van der Waals surface area contributed by atoms with Gasteiger partial charge in [-0.2, -0.15) is 0 Å². The van der Waals surface area contributed by atoms with Gasteiger partial charge < -0.3 is 14.5 Å². The molecule has 0 saturated carbocycles. The molecule has 5 rings (SSSR count). The lowest BCUT2D eigenvalue weighted by atomic mass is 9.89. The van der Waals surface area contributed by atoms with E-state index in [9.17, 15) is 9.59 Å². The van der Waals surface area contributed by atoms with E-state index in [0.717, 1.165) is 54.4 Å². The van der Waals surface area contributed by atoms with E-state index in [1.54, 1.807) is 31.4 Å². The molecule has 0 spiro atoms. The minimum atomic E-state index is -0.256. The lowest BCUT2D eigenvalue weighted by Gasteiger charge is -2.38. The van der Waals surface area contributed by atoms with Gasteiger partial charge in [0.1, 0.15) is 5.75 Å². The van der Waals surface area contributed by atoms with Crippen LogP contribution in [0.5, 0.6) is 5.75 Å². The Bertz CT molecular complexity index is 1220. The van der Waals surface area contributed by atoms with Crippen LogP contribution in [0.4, 0.5) is 10.8 Å². The maximum atomic E-state index is 13.5. The molecule has 1 N–H and O–H groups in total. The number of amides is 2. The summed E-state index contributed by atoms with van der Waals surface area (Å²) in [5, 5.41) is 4.01. The van der Waals surface area contributed by atoms with E-state index < -0.39 is 0 Å². The number of ether oxygens (including phenoxy) is 1. The molecule has 1 aromatic heterocycles. The topological polar surface area (TPSA) is 74.8 Å². The maximum Gasteiger partial charge on any atom is 0.257 e. The zero-order chi connectivity index (χ0) is 24.4. The third-order valence-corrected chi connectivity index (χ3v) is 7.89. The number of rotatable bonds is 5. The number of nitrogens with zero attached hydrogens (tertiary/aromatic N) is 3. The highest BCUT2D eigenvalue weighted by Gasteiger charge is 2.34. The van der Waals surface area contributed by atoms with E-state index in [4.69, 9.17) is 21.3 Å². The van der Waals surface area contributed by atoms with Crippen LogP contribution >= 0.6 is 22.9 Å². The van der Waals surface area contributed by atoms with Crippen LogP contribution in [0.2, 0.25) is 5.02 Å². The van der Waals surface area contributed by atoms with Crippen molar-refractivity contribution in [1.29, 1.82) is 0 Å². The predicted octanol–water partition coefficient (Wildman–Crippen LogP) is 4.83. The number of aromatic nitrogens is 1. The van der Waals surface area contributed by atoms with Gasteiger partial charge in [0, 0.05) is 41.6 Å². The van der Waals surface area contributed by atoms with Gasteiger partial charge in [-0.1, -0.05) is 23.7 Å². The summed E-state index contributed by atoms with van der Waals surface area (Å²) in [6.45, 7) is 2.83. The normalized spacial score (nSPS) is 17.6. The second-order valence-electron chi connectivity index (χ2n) is 8.72. The number of anilines is 2. The molecule has 1 aliphatic heterocycles. The minimum Gasteiger partial charge on any atom is -0.495 e. The fourth-order valence-electron chi connectivity index (χ4n) is 4.76. The third kappa shape index (κ3) is 4.99. The second-order valence-corrected chi connectivity index (χ2v) is 10.2. The summed E-state index contributed by atoms with van der Waals surface area (Å²) in [6, 6.07) is 14.7. The Labute approximate surface area is 213 Å². The SMILES string of the molecule is COc1ccccc1N1CCN(C(=O)C2CCCc3sc(NC(=O)c4ccc(Cl)cc4)nc32)CC1. The zero-order valence-corrected chi connectivity index (χ0v) is 21.1. The fraction of sp³-hybridized carbons (Fsp3) is 0.346. The number of hydrogen-bond acceptors (Lipinski definition) is 6. The van der Waals surface area contributed by atoms with Gasteiger partial charge in [-0.25, -0.2) is 4.98 Å². The van der Waals surface area contributed by atoms with Gasteiger partial charge in [0.25, 0.3) is 5.91 Å². The third-order valence-electron chi connectivity index (χ3n) is 6.60. The van der Waals surface area contributed by atoms with Crippen molar-refractivity contribution in [3.05, 3.63) is 69.7 Å². The van der Waals surface area contributed by atoms with Crippen LogP contribution in [0.3, 0.4) is 0 Å². The Hall–Kier alpha value is -3.10. The first kappa shape index (κ1) is 23.6. The molecule has 2 aromatic carbocycles. The number of carbonyl (C=O) groups excluding carboxylic acids is 2. The van der Waals surface area contributed by atoms with E-state index in [2.05, 4.69) is 16.3 Å². The average Bonchev–Trinajstić information content (AvgIpc) is 3.31. The molecule has 9 heteroatoms. The van der Waals surface area contributed by atoms with E-state index in [1.165, 1.54) is 11.3 Å². The number of hydrogen-bond donors (Lipinski definition) is 1. The van der Waals surface area contributed by atoms with Gasteiger partial charge in [-0.3, -0.25) is 14.9 Å². The molecule has 2 aliphatic rings. The van der Waals surface area contributed by atoms with Crippen molar-refractivity contribution in [1.82, 2.24) is 9.88 Å². The predicted molar refractivity (Wildman–Crippen MR) is 139 cm³/mol. The van der Waals surface area contributed by atoms with Gasteiger partial charge in [0.05, 0.1) is 24.4 Å². The lowest BCUT2D eigenvalue weighted by Crippen LogP contribution is -2.50. The number of fused-ring (bicyclic) bond motifs is 1. The summed E-state index contributed by atoms with van der Waals surface area (Å²) < 4.78 is 5.51. The molecule has 1 saturated heterocycles. The smallest absolute Gasteiger partial charge is 0.257 e. The number of benzene rings is 2. The molecule has 0 bridgehead atoms. The van der Waals surface area contributed by atoms with Crippen molar-refractivity contribution in [2.75, 3.05) is 43.5 Å². The van der Waals surface area contributed by atoms with E-state index in [-0.39, 0.29) is 17.7 Å². The van der Waals surface area contributed by atoms with Crippen LogP contribution in [-0.4, -0.2) is 55.0 Å². The number of thiazole rings is 1. The van der Waals surface area contributed by atoms with Crippen LogP contribution in [0.25, 0.3) is 0 Å². The highest BCUT2D eigenvalue weighted by Crippen LogP contribution is 2.38. The van der Waals surface area contributed by atoms with Gasteiger partial charge in [0.2, 0.25) is 5.91 Å². The quantitative estimate of drug-likeness (QED) is 0.532. The number of nitrogens with one attached hydrogen (secondary N) is 1. The van der Waals surface area contributed by atoms with E-state index in [0.29, 0.717) is 28.8 Å². The van der Waals surface area contributed by atoms with Crippen LogP contribution < -0.4 is 15.0 Å². The Morgan fingerprint density at radius 2 is 1.83 bits per heavy atom. The number of methoxy groups -OCH3 is 1. The van der Waals surface area contributed by atoms with Crippen LogP contribution in [-0.2, 0) is 11.2 Å². The molecule has 35 heavy (non-hydrogen) atoms. The molecule has 1 fully saturated rings. The van der Waals surface area contributed by atoms with E-state index >= 15 is 0 Å². The Kier molecular flexibility index (Phi) is 6.92. The molecule has 182 valence electrons. The van der Waals surface area contributed by atoms with Gasteiger partial charge in [-0.05, 0) is 55.7 Å². The summed E-state index contributed by atoms with van der Waals surface area (Å²) in [7, 11) is 1.68. The molecular weight excluding hydrogens is 484 g/mol. The van der Waals surface area contributed by atoms with Crippen LogP contribution in [0, 0.1) is 0 Å². The molecule has 3 aromatic rings. The number of carbonyl (C=O) groups is 2. The second kappa shape index (κ2) is 10.3.